The van der Waals surface area contributed by atoms with Gasteiger partial charge in [0.1, 0.15) is 10.8 Å². The van der Waals surface area contributed by atoms with E-state index in [1.54, 1.807) is 0 Å². The third-order valence-corrected chi connectivity index (χ3v) is 3.27. The van der Waals surface area contributed by atoms with Crippen LogP contribution < -0.4 is 0 Å². The van der Waals surface area contributed by atoms with Crippen molar-refractivity contribution < 1.29 is 8.78 Å². The number of nitrogens with zero attached hydrogens (tertiary/aromatic N) is 2. The molecule has 0 aromatic carbocycles. The number of halogens is 4. The lowest BCUT2D eigenvalue weighted by molar-refractivity contribution is 0.143. The largest absolute Gasteiger partial charge is 0.282 e. The normalized spacial score (nSPS) is 11.8. The molecule has 92 valence electrons. The topological polar surface area (TPSA) is 17.8 Å². The highest BCUT2D eigenvalue weighted by atomic mass is 35.5. The first-order chi connectivity index (χ1) is 7.56. The van der Waals surface area contributed by atoms with Crippen LogP contribution in [0, 0.1) is 0 Å². The molecule has 0 fully saturated rings. The fourth-order valence-electron chi connectivity index (χ4n) is 1.64. The Morgan fingerprint density at radius 1 is 1.31 bits per heavy atom. The highest BCUT2D eigenvalue weighted by molar-refractivity contribution is 6.31. The first-order valence-corrected chi connectivity index (χ1v) is 6.08. The maximum atomic E-state index is 12.7. The molecule has 0 aliphatic rings. The fraction of sp³-hybridized carbons (Fsp3) is 0.700. The molecule has 0 saturated carbocycles. The molecule has 1 rings (SSSR count). The molecule has 0 radical (unpaired) electrons. The lowest BCUT2D eigenvalue weighted by Gasteiger charge is -2.14. The van der Waals surface area contributed by atoms with Crippen LogP contribution in [0.5, 0.6) is 0 Å². The van der Waals surface area contributed by atoms with Crippen molar-refractivity contribution in [1.82, 2.24) is 9.78 Å². The van der Waals surface area contributed by atoms with Crippen molar-refractivity contribution >= 4 is 23.2 Å². The zero-order valence-electron chi connectivity index (χ0n) is 9.18. The van der Waals surface area contributed by atoms with Gasteiger partial charge in [-0.05, 0) is 12.8 Å². The van der Waals surface area contributed by atoms with E-state index in [2.05, 4.69) is 5.10 Å². The van der Waals surface area contributed by atoms with Gasteiger partial charge in [0, 0.05) is 5.56 Å². The standard InChI is InChI=1S/C10H14Cl2F2N2/c1-3-6(4-2)16-9(12)7(5-11)8(15-16)10(13)14/h6,10H,3-5H2,1-2H3. The van der Waals surface area contributed by atoms with Crippen LogP contribution in [0.2, 0.25) is 5.15 Å². The maximum absolute atomic E-state index is 12.7. The molecular weight excluding hydrogens is 257 g/mol. The van der Waals surface area contributed by atoms with Gasteiger partial charge in [0.15, 0.2) is 0 Å². The number of hydrogen-bond acceptors (Lipinski definition) is 1. The zero-order valence-corrected chi connectivity index (χ0v) is 10.7. The van der Waals surface area contributed by atoms with Gasteiger partial charge in [0.05, 0.1) is 11.9 Å². The second kappa shape index (κ2) is 5.82. The molecule has 1 heterocycles. The first-order valence-electron chi connectivity index (χ1n) is 5.17. The Morgan fingerprint density at radius 2 is 1.88 bits per heavy atom. The quantitative estimate of drug-likeness (QED) is 0.717. The van der Waals surface area contributed by atoms with Gasteiger partial charge in [-0.3, -0.25) is 4.68 Å². The summed E-state index contributed by atoms with van der Waals surface area (Å²) in [5, 5.41) is 4.11. The number of aromatic nitrogens is 2. The SMILES string of the molecule is CCC(CC)n1nc(C(F)F)c(CCl)c1Cl. The van der Waals surface area contributed by atoms with Crippen molar-refractivity contribution in [3.05, 3.63) is 16.4 Å². The van der Waals surface area contributed by atoms with E-state index in [0.29, 0.717) is 0 Å². The smallest absolute Gasteiger partial charge is 0.250 e. The maximum Gasteiger partial charge on any atom is 0.282 e. The lowest BCUT2D eigenvalue weighted by atomic mass is 10.2. The molecule has 0 saturated heterocycles. The third-order valence-electron chi connectivity index (χ3n) is 2.60. The molecule has 1 aromatic heterocycles. The average Bonchev–Trinajstić information content (AvgIpc) is 2.58. The van der Waals surface area contributed by atoms with E-state index >= 15 is 0 Å². The van der Waals surface area contributed by atoms with Gasteiger partial charge in [0.25, 0.3) is 6.43 Å². The van der Waals surface area contributed by atoms with E-state index in [0.717, 1.165) is 12.8 Å². The van der Waals surface area contributed by atoms with Crippen molar-refractivity contribution in [1.29, 1.82) is 0 Å². The van der Waals surface area contributed by atoms with E-state index in [9.17, 15) is 8.78 Å². The molecule has 0 amide bonds. The Hall–Kier alpha value is -0.350. The monoisotopic (exact) mass is 270 g/mol. The molecule has 0 N–H and O–H groups in total. The van der Waals surface area contributed by atoms with Crippen molar-refractivity contribution in [2.75, 3.05) is 0 Å². The van der Waals surface area contributed by atoms with Gasteiger partial charge in [-0.1, -0.05) is 25.4 Å². The Balaban J connectivity index is 3.21. The van der Waals surface area contributed by atoms with Gasteiger partial charge in [-0.25, -0.2) is 8.78 Å². The summed E-state index contributed by atoms with van der Waals surface area (Å²) in [5.41, 5.74) is -0.0582. The van der Waals surface area contributed by atoms with Crippen molar-refractivity contribution in [2.24, 2.45) is 0 Å². The lowest BCUT2D eigenvalue weighted by Crippen LogP contribution is -2.09. The van der Waals surface area contributed by atoms with Crippen molar-refractivity contribution in [3.8, 4) is 0 Å². The number of alkyl halides is 3. The minimum absolute atomic E-state index is 0.0430. The molecule has 6 heteroatoms. The molecule has 16 heavy (non-hydrogen) atoms. The summed E-state index contributed by atoms with van der Waals surface area (Å²) in [7, 11) is 0. The van der Waals surface area contributed by atoms with Gasteiger partial charge < -0.3 is 0 Å². The van der Waals surface area contributed by atoms with Gasteiger partial charge in [-0.15, -0.1) is 11.6 Å². The van der Waals surface area contributed by atoms with Crippen molar-refractivity contribution in [3.63, 3.8) is 0 Å². The summed E-state index contributed by atoms with van der Waals surface area (Å²) < 4.78 is 26.8. The summed E-state index contributed by atoms with van der Waals surface area (Å²) in [6.07, 6.45) is -1.05. The van der Waals surface area contributed by atoms with Crippen LogP contribution in [-0.4, -0.2) is 9.78 Å². The summed E-state index contributed by atoms with van der Waals surface area (Å²) in [6.45, 7) is 3.93. The Morgan fingerprint density at radius 3 is 2.19 bits per heavy atom. The molecule has 0 unspecified atom stereocenters. The van der Waals surface area contributed by atoms with E-state index in [4.69, 9.17) is 23.2 Å². The number of hydrogen-bond donors (Lipinski definition) is 0. The predicted octanol–water partition coefficient (Wildman–Crippen LogP) is 4.57. The van der Waals surface area contributed by atoms with Gasteiger partial charge in [-0.2, -0.15) is 5.10 Å². The molecule has 2 nitrogen and oxygen atoms in total. The second-order valence-electron chi connectivity index (χ2n) is 3.50. The van der Waals surface area contributed by atoms with Crippen LogP contribution in [0.4, 0.5) is 8.78 Å². The predicted molar refractivity (Wildman–Crippen MR) is 61.4 cm³/mol. The summed E-state index contributed by atoms with van der Waals surface area (Å²) in [5.74, 6) is -0.0430. The highest BCUT2D eigenvalue weighted by Crippen LogP contribution is 2.32. The van der Waals surface area contributed by atoms with Crippen LogP contribution in [-0.2, 0) is 5.88 Å². The Kier molecular flexibility index (Phi) is 4.99. The van der Waals surface area contributed by atoms with E-state index in [-0.39, 0.29) is 28.3 Å². The molecule has 0 aliphatic carbocycles. The minimum atomic E-state index is -2.64. The number of rotatable bonds is 5. The van der Waals surface area contributed by atoms with Crippen LogP contribution >= 0.6 is 23.2 Å². The Labute approximate surface area is 104 Å². The van der Waals surface area contributed by atoms with Crippen LogP contribution in [0.3, 0.4) is 0 Å². The molecule has 0 spiro atoms. The molecular formula is C10H14Cl2F2N2. The summed E-state index contributed by atoms with van der Waals surface area (Å²) >= 11 is 11.6. The second-order valence-corrected chi connectivity index (χ2v) is 4.13. The fourth-order valence-corrected chi connectivity index (χ4v) is 2.31. The highest BCUT2D eigenvalue weighted by Gasteiger charge is 2.24. The third kappa shape index (κ3) is 2.48. The first kappa shape index (κ1) is 13.7. The van der Waals surface area contributed by atoms with Crippen molar-refractivity contribution in [2.45, 2.75) is 45.0 Å². The summed E-state index contributed by atoms with van der Waals surface area (Å²) in [4.78, 5) is 0. The zero-order chi connectivity index (χ0) is 12.3. The Bertz CT molecular complexity index is 349. The van der Waals surface area contributed by atoms with E-state index in [1.165, 1.54) is 4.68 Å². The molecule has 0 aliphatic heterocycles. The van der Waals surface area contributed by atoms with Gasteiger partial charge >= 0.3 is 0 Å². The van der Waals surface area contributed by atoms with Crippen LogP contribution in [0.15, 0.2) is 0 Å². The molecule has 1 aromatic rings. The minimum Gasteiger partial charge on any atom is -0.250 e. The average molecular weight is 271 g/mol. The van der Waals surface area contributed by atoms with E-state index in [1.807, 2.05) is 13.8 Å². The molecule has 0 bridgehead atoms. The molecule has 0 atom stereocenters. The van der Waals surface area contributed by atoms with E-state index < -0.39 is 6.43 Å². The van der Waals surface area contributed by atoms with Gasteiger partial charge in [0.2, 0.25) is 0 Å². The van der Waals surface area contributed by atoms with Crippen LogP contribution in [0.1, 0.15) is 50.4 Å². The van der Waals surface area contributed by atoms with Crippen LogP contribution in [0.25, 0.3) is 0 Å². The summed E-state index contributed by atoms with van der Waals surface area (Å²) in [6, 6.07) is 0.0435.